The maximum atomic E-state index is 12.2. The molecule has 3 N–H and O–H groups in total. The van der Waals surface area contributed by atoms with E-state index in [1.165, 1.54) is 11.1 Å². The smallest absolute Gasteiger partial charge is 0.193 e. The molecule has 1 aromatic heterocycles. The van der Waals surface area contributed by atoms with Crippen LogP contribution < -0.4 is 16.6 Å². The topological polar surface area (TPSA) is 71.5 Å². The first-order valence-corrected chi connectivity index (χ1v) is 6.56. The van der Waals surface area contributed by atoms with Crippen molar-refractivity contribution in [1.29, 1.82) is 0 Å². The number of aryl methyl sites for hydroxylation is 3. The molecule has 0 aliphatic rings. The number of hydrogen-bond donors (Lipinski definition) is 2. The largest absolute Gasteiger partial charge is 0.461 e. The molecular formula is C14H17N3O2S. The van der Waals surface area contributed by atoms with E-state index in [9.17, 15) is 4.79 Å². The summed E-state index contributed by atoms with van der Waals surface area (Å²) in [4.78, 5) is 12.2. The van der Waals surface area contributed by atoms with Gasteiger partial charge in [0, 0.05) is 18.8 Å². The van der Waals surface area contributed by atoms with E-state index in [1.54, 1.807) is 14.0 Å². The Labute approximate surface area is 122 Å². The number of anilines is 1. The minimum absolute atomic E-state index is 0.0555. The van der Waals surface area contributed by atoms with Crippen LogP contribution in [0.25, 0.3) is 11.0 Å². The van der Waals surface area contributed by atoms with Crippen molar-refractivity contribution in [3.05, 3.63) is 39.2 Å². The molecule has 2 rings (SSSR count). The number of rotatable bonds is 1. The zero-order valence-electron chi connectivity index (χ0n) is 11.9. The Morgan fingerprint density at radius 1 is 1.35 bits per heavy atom. The van der Waals surface area contributed by atoms with Crippen molar-refractivity contribution in [3.8, 4) is 0 Å². The highest BCUT2D eigenvalue weighted by molar-refractivity contribution is 7.80. The van der Waals surface area contributed by atoms with E-state index < -0.39 is 0 Å². The Balaban J connectivity index is 2.69. The van der Waals surface area contributed by atoms with E-state index in [-0.39, 0.29) is 5.43 Å². The van der Waals surface area contributed by atoms with Gasteiger partial charge in [-0.05, 0) is 50.2 Å². The first-order chi connectivity index (χ1) is 9.31. The number of thiocarbonyl (C=S) groups is 1. The normalized spacial score (nSPS) is 10.7. The standard InChI is InChI=1S/C14H17N3O2S/c1-7-5-10(16-14(20)17(4)15)9(3)12-11(18)6-8(2)19-13(7)12/h5-6H,15H2,1-4H3,(H,16,20). The second-order valence-electron chi connectivity index (χ2n) is 4.83. The van der Waals surface area contributed by atoms with Crippen LogP contribution in [0.2, 0.25) is 0 Å². The molecule has 0 spiro atoms. The van der Waals surface area contributed by atoms with Gasteiger partial charge in [-0.2, -0.15) is 0 Å². The van der Waals surface area contributed by atoms with E-state index >= 15 is 0 Å². The Kier molecular flexibility index (Phi) is 3.78. The van der Waals surface area contributed by atoms with Gasteiger partial charge >= 0.3 is 0 Å². The molecule has 20 heavy (non-hydrogen) atoms. The van der Waals surface area contributed by atoms with Crippen molar-refractivity contribution in [2.45, 2.75) is 20.8 Å². The molecule has 0 saturated heterocycles. The molecule has 1 heterocycles. The Morgan fingerprint density at radius 2 is 2.00 bits per heavy atom. The number of nitrogens with zero attached hydrogens (tertiary/aromatic N) is 1. The van der Waals surface area contributed by atoms with Crippen LogP contribution in [-0.4, -0.2) is 17.2 Å². The van der Waals surface area contributed by atoms with E-state index in [4.69, 9.17) is 22.5 Å². The number of nitrogens with two attached hydrogens (primary N) is 1. The monoisotopic (exact) mass is 291 g/mol. The van der Waals surface area contributed by atoms with Crippen molar-refractivity contribution < 1.29 is 4.42 Å². The summed E-state index contributed by atoms with van der Waals surface area (Å²) in [7, 11) is 1.65. The molecular weight excluding hydrogens is 274 g/mol. The van der Waals surface area contributed by atoms with Crippen LogP contribution in [0.5, 0.6) is 0 Å². The van der Waals surface area contributed by atoms with Crippen LogP contribution in [0.4, 0.5) is 5.69 Å². The lowest BCUT2D eigenvalue weighted by Gasteiger charge is -2.18. The van der Waals surface area contributed by atoms with Gasteiger partial charge in [0.25, 0.3) is 0 Å². The third-order valence-electron chi connectivity index (χ3n) is 3.13. The summed E-state index contributed by atoms with van der Waals surface area (Å²) >= 11 is 5.13. The lowest BCUT2D eigenvalue weighted by molar-refractivity contribution is 0.548. The van der Waals surface area contributed by atoms with Crippen LogP contribution in [-0.2, 0) is 0 Å². The second-order valence-corrected chi connectivity index (χ2v) is 5.22. The Bertz CT molecular complexity index is 750. The first-order valence-electron chi connectivity index (χ1n) is 6.15. The van der Waals surface area contributed by atoms with Gasteiger partial charge in [-0.15, -0.1) is 0 Å². The third kappa shape index (κ3) is 2.52. The zero-order valence-corrected chi connectivity index (χ0v) is 12.7. The van der Waals surface area contributed by atoms with Gasteiger partial charge in [0.05, 0.1) is 5.39 Å². The van der Waals surface area contributed by atoms with Gasteiger partial charge in [-0.3, -0.25) is 9.80 Å². The molecule has 0 radical (unpaired) electrons. The molecule has 6 heteroatoms. The number of hydrogen-bond acceptors (Lipinski definition) is 4. The highest BCUT2D eigenvalue weighted by atomic mass is 32.1. The fraction of sp³-hybridized carbons (Fsp3) is 0.286. The highest BCUT2D eigenvalue weighted by Crippen LogP contribution is 2.27. The summed E-state index contributed by atoms with van der Waals surface area (Å²) in [6, 6.07) is 3.39. The van der Waals surface area contributed by atoms with Crippen molar-refractivity contribution in [2.75, 3.05) is 12.4 Å². The van der Waals surface area contributed by atoms with Crippen molar-refractivity contribution >= 4 is 34.0 Å². The van der Waals surface area contributed by atoms with E-state index in [0.29, 0.717) is 21.8 Å². The molecule has 0 atom stereocenters. The molecule has 0 amide bonds. The summed E-state index contributed by atoms with van der Waals surface area (Å²) in [5, 5.41) is 5.30. The van der Waals surface area contributed by atoms with Gasteiger partial charge in [0.2, 0.25) is 0 Å². The van der Waals surface area contributed by atoms with E-state index in [0.717, 1.165) is 16.8 Å². The average Bonchev–Trinajstić information content (AvgIpc) is 2.34. The number of benzene rings is 1. The van der Waals surface area contributed by atoms with Gasteiger partial charge in [0.1, 0.15) is 11.3 Å². The molecule has 0 saturated carbocycles. The zero-order chi connectivity index (χ0) is 15.0. The molecule has 106 valence electrons. The molecule has 0 aliphatic heterocycles. The third-order valence-corrected chi connectivity index (χ3v) is 3.52. The first kappa shape index (κ1) is 14.5. The molecule has 0 aliphatic carbocycles. The summed E-state index contributed by atoms with van der Waals surface area (Å²) < 4.78 is 5.67. The lowest BCUT2D eigenvalue weighted by Crippen LogP contribution is -2.36. The molecule has 0 bridgehead atoms. The fourth-order valence-corrected chi connectivity index (χ4v) is 2.21. The van der Waals surface area contributed by atoms with E-state index in [1.807, 2.05) is 19.9 Å². The molecule has 2 aromatic rings. The quantitative estimate of drug-likeness (QED) is 0.477. The summed E-state index contributed by atoms with van der Waals surface area (Å²) in [5.41, 5.74) is 2.98. The van der Waals surface area contributed by atoms with Crippen LogP contribution in [0.3, 0.4) is 0 Å². The second kappa shape index (κ2) is 5.22. The maximum absolute atomic E-state index is 12.2. The van der Waals surface area contributed by atoms with Crippen LogP contribution in [0.1, 0.15) is 16.9 Å². The van der Waals surface area contributed by atoms with Gasteiger partial charge in [-0.1, -0.05) is 0 Å². The van der Waals surface area contributed by atoms with Crippen LogP contribution in [0, 0.1) is 20.8 Å². The van der Waals surface area contributed by atoms with E-state index in [2.05, 4.69) is 5.32 Å². The minimum atomic E-state index is -0.0555. The molecule has 0 unspecified atom stereocenters. The van der Waals surface area contributed by atoms with Gasteiger partial charge in [0.15, 0.2) is 10.5 Å². The number of hydrazine groups is 1. The van der Waals surface area contributed by atoms with Gasteiger partial charge < -0.3 is 9.73 Å². The fourth-order valence-electron chi connectivity index (χ4n) is 2.10. The summed E-state index contributed by atoms with van der Waals surface area (Å²) in [6.07, 6.45) is 0. The number of fused-ring (bicyclic) bond motifs is 1. The average molecular weight is 291 g/mol. The Hall–Kier alpha value is -1.92. The molecule has 1 aromatic carbocycles. The van der Waals surface area contributed by atoms with Gasteiger partial charge in [-0.25, -0.2) is 5.84 Å². The maximum Gasteiger partial charge on any atom is 0.193 e. The minimum Gasteiger partial charge on any atom is -0.461 e. The number of nitrogens with one attached hydrogen (secondary N) is 1. The van der Waals surface area contributed by atoms with Crippen molar-refractivity contribution in [1.82, 2.24) is 5.01 Å². The molecule has 0 fully saturated rings. The SMILES string of the molecule is Cc1cc(=O)c2c(C)c(NC(=S)N(C)N)cc(C)c2o1. The molecule has 5 nitrogen and oxygen atoms in total. The van der Waals surface area contributed by atoms with Crippen LogP contribution in [0.15, 0.2) is 21.3 Å². The Morgan fingerprint density at radius 3 is 2.60 bits per heavy atom. The highest BCUT2D eigenvalue weighted by Gasteiger charge is 2.13. The van der Waals surface area contributed by atoms with Crippen molar-refractivity contribution in [2.24, 2.45) is 5.84 Å². The predicted octanol–water partition coefficient (Wildman–Crippen LogP) is 2.22. The predicted molar refractivity (Wildman–Crippen MR) is 84.9 cm³/mol. The van der Waals surface area contributed by atoms with Crippen molar-refractivity contribution in [3.63, 3.8) is 0 Å². The summed E-state index contributed by atoms with van der Waals surface area (Å²) in [6.45, 7) is 5.51. The summed E-state index contributed by atoms with van der Waals surface area (Å²) in [5.74, 6) is 6.18. The van der Waals surface area contributed by atoms with Crippen LogP contribution >= 0.6 is 12.2 Å². The lowest BCUT2D eigenvalue weighted by atomic mass is 10.0.